The highest BCUT2D eigenvalue weighted by atomic mass is 127. The number of nitro groups is 1. The first-order valence-corrected chi connectivity index (χ1v) is 8.08. The summed E-state index contributed by atoms with van der Waals surface area (Å²) in [7, 11) is -4.01. The number of anilines is 1. The first-order chi connectivity index (χ1) is 9.79. The highest BCUT2D eigenvalue weighted by Crippen LogP contribution is 2.22. The molecule has 1 N–H and O–H groups in total. The average Bonchev–Trinajstić information content (AvgIpc) is 2.42. The van der Waals surface area contributed by atoms with Crippen LogP contribution < -0.4 is 4.72 Å². The molecule has 0 atom stereocenters. The van der Waals surface area contributed by atoms with Crippen LogP contribution >= 0.6 is 22.6 Å². The van der Waals surface area contributed by atoms with Crippen molar-refractivity contribution in [2.75, 3.05) is 4.72 Å². The Labute approximate surface area is 133 Å². The molecule has 0 saturated heterocycles. The fraction of sp³-hybridized carbons (Fsp3) is 0. The van der Waals surface area contributed by atoms with E-state index in [1.165, 1.54) is 12.1 Å². The predicted octanol–water partition coefficient (Wildman–Crippen LogP) is 3.14. The number of hydrogen-bond donors (Lipinski definition) is 1. The summed E-state index contributed by atoms with van der Waals surface area (Å²) in [5, 5.41) is 10.5. The largest absolute Gasteiger partial charge is 0.277 e. The molecule has 0 unspecified atom stereocenters. The number of benzene rings is 2. The smallest absolute Gasteiger partial charge is 0.269 e. The average molecular weight is 422 g/mol. The zero-order valence-electron chi connectivity index (χ0n) is 10.3. The first-order valence-electron chi connectivity index (χ1n) is 5.52. The van der Waals surface area contributed by atoms with E-state index in [1.807, 2.05) is 22.6 Å². The van der Waals surface area contributed by atoms with Crippen molar-refractivity contribution in [2.45, 2.75) is 4.90 Å². The Morgan fingerprint density at radius 2 is 1.76 bits per heavy atom. The molecule has 0 spiro atoms. The highest BCUT2D eigenvalue weighted by molar-refractivity contribution is 14.1. The Morgan fingerprint density at radius 1 is 1.14 bits per heavy atom. The van der Waals surface area contributed by atoms with Crippen molar-refractivity contribution in [1.29, 1.82) is 0 Å². The van der Waals surface area contributed by atoms with Gasteiger partial charge in [0, 0.05) is 15.7 Å². The highest BCUT2D eigenvalue weighted by Gasteiger charge is 2.17. The normalized spacial score (nSPS) is 11.1. The lowest BCUT2D eigenvalue weighted by Gasteiger charge is -2.09. The number of nitrogens with zero attached hydrogens (tertiary/aromatic N) is 1. The molecule has 0 radical (unpaired) electrons. The van der Waals surface area contributed by atoms with Crippen molar-refractivity contribution in [1.82, 2.24) is 0 Å². The SMILES string of the molecule is O=[N+]([O-])c1ccc(S(=O)(=O)Nc2ccc(I)cc2F)cc1. The Kier molecular flexibility index (Phi) is 4.42. The van der Waals surface area contributed by atoms with E-state index in [4.69, 9.17) is 0 Å². The number of hydrogen-bond acceptors (Lipinski definition) is 4. The Hall–Kier alpha value is -1.75. The van der Waals surface area contributed by atoms with E-state index in [1.54, 1.807) is 6.07 Å². The van der Waals surface area contributed by atoms with Gasteiger partial charge in [0.2, 0.25) is 0 Å². The minimum atomic E-state index is -4.01. The molecule has 2 aromatic carbocycles. The Bertz CT molecular complexity index is 793. The molecule has 110 valence electrons. The lowest BCUT2D eigenvalue weighted by molar-refractivity contribution is -0.384. The molecule has 0 aliphatic rings. The number of halogens is 2. The molecule has 0 fully saturated rings. The van der Waals surface area contributed by atoms with E-state index in [-0.39, 0.29) is 16.3 Å². The van der Waals surface area contributed by atoms with Crippen molar-refractivity contribution >= 4 is 44.0 Å². The zero-order chi connectivity index (χ0) is 15.6. The molecule has 6 nitrogen and oxygen atoms in total. The fourth-order valence-electron chi connectivity index (χ4n) is 1.52. The van der Waals surface area contributed by atoms with Gasteiger partial charge in [-0.1, -0.05) is 0 Å². The third-order valence-corrected chi connectivity index (χ3v) is 4.59. The standard InChI is InChI=1S/C12H8FIN2O4S/c13-11-7-8(14)1-6-12(11)15-21(19,20)10-4-2-9(3-5-10)16(17)18/h1-7,15H. The molecular weight excluding hydrogens is 414 g/mol. The van der Waals surface area contributed by atoms with Crippen LogP contribution in [0.15, 0.2) is 47.4 Å². The maximum Gasteiger partial charge on any atom is 0.269 e. The van der Waals surface area contributed by atoms with Crippen LogP contribution in [0.25, 0.3) is 0 Å². The minimum absolute atomic E-state index is 0.186. The Morgan fingerprint density at radius 3 is 2.29 bits per heavy atom. The van der Waals surface area contributed by atoms with Gasteiger partial charge in [-0.2, -0.15) is 0 Å². The molecule has 2 rings (SSSR count). The van der Waals surface area contributed by atoms with Gasteiger partial charge in [-0.15, -0.1) is 0 Å². The van der Waals surface area contributed by atoms with Gasteiger partial charge in [0.15, 0.2) is 0 Å². The first kappa shape index (κ1) is 15.6. The third kappa shape index (κ3) is 3.67. The van der Waals surface area contributed by atoms with Crippen molar-refractivity contribution < 1.29 is 17.7 Å². The van der Waals surface area contributed by atoms with Gasteiger partial charge in [-0.3, -0.25) is 14.8 Å². The number of nitro benzene ring substituents is 1. The lowest BCUT2D eigenvalue weighted by Crippen LogP contribution is -2.14. The van der Waals surface area contributed by atoms with Gasteiger partial charge in [0.1, 0.15) is 5.82 Å². The second kappa shape index (κ2) is 5.93. The van der Waals surface area contributed by atoms with Crippen LogP contribution in [-0.2, 0) is 10.0 Å². The van der Waals surface area contributed by atoms with E-state index in [9.17, 15) is 22.9 Å². The van der Waals surface area contributed by atoms with Crippen molar-refractivity contribution in [3.8, 4) is 0 Å². The topological polar surface area (TPSA) is 89.3 Å². The van der Waals surface area contributed by atoms with Gasteiger partial charge in [-0.25, -0.2) is 12.8 Å². The summed E-state index contributed by atoms with van der Waals surface area (Å²) in [5.74, 6) is -0.701. The second-order valence-corrected chi connectivity index (χ2v) is 6.91. The molecule has 0 aliphatic carbocycles. The molecule has 0 aromatic heterocycles. The molecule has 9 heteroatoms. The van der Waals surface area contributed by atoms with Gasteiger partial charge < -0.3 is 0 Å². The molecule has 0 bridgehead atoms. The van der Waals surface area contributed by atoms with Crippen molar-refractivity contribution in [3.63, 3.8) is 0 Å². The van der Waals surface area contributed by atoms with Crippen molar-refractivity contribution in [3.05, 3.63) is 62.0 Å². The maximum absolute atomic E-state index is 13.6. The summed E-state index contributed by atoms with van der Waals surface area (Å²) in [6, 6.07) is 8.36. The van der Waals surface area contributed by atoms with E-state index in [0.717, 1.165) is 24.3 Å². The third-order valence-electron chi connectivity index (χ3n) is 2.53. The van der Waals surface area contributed by atoms with Crippen LogP contribution in [-0.4, -0.2) is 13.3 Å². The van der Waals surface area contributed by atoms with E-state index in [0.29, 0.717) is 3.57 Å². The number of nitrogens with one attached hydrogen (secondary N) is 1. The molecule has 0 saturated carbocycles. The van der Waals surface area contributed by atoms with Crippen LogP contribution in [0.1, 0.15) is 0 Å². The fourth-order valence-corrected chi connectivity index (χ4v) is 3.04. The van der Waals surface area contributed by atoms with Crippen LogP contribution in [0.5, 0.6) is 0 Å². The van der Waals surface area contributed by atoms with E-state index < -0.39 is 20.8 Å². The van der Waals surface area contributed by atoms with Crippen LogP contribution in [0, 0.1) is 19.5 Å². The van der Waals surface area contributed by atoms with Gasteiger partial charge >= 0.3 is 0 Å². The monoisotopic (exact) mass is 422 g/mol. The summed E-state index contributed by atoms with van der Waals surface area (Å²) < 4.78 is 40.5. The van der Waals surface area contributed by atoms with E-state index in [2.05, 4.69) is 4.72 Å². The zero-order valence-corrected chi connectivity index (χ0v) is 13.3. The Balaban J connectivity index is 2.31. The molecule has 0 aliphatic heterocycles. The summed E-state index contributed by atoms with van der Waals surface area (Å²) in [5.41, 5.74) is -0.414. The minimum Gasteiger partial charge on any atom is -0.277 e. The summed E-state index contributed by atoms with van der Waals surface area (Å²) in [6.07, 6.45) is 0. The molecule has 0 amide bonds. The van der Waals surface area contributed by atoms with E-state index >= 15 is 0 Å². The van der Waals surface area contributed by atoms with Crippen LogP contribution in [0.4, 0.5) is 15.8 Å². The van der Waals surface area contributed by atoms with Gasteiger partial charge in [0.05, 0.1) is 15.5 Å². The van der Waals surface area contributed by atoms with Gasteiger partial charge in [0.25, 0.3) is 15.7 Å². The molecule has 2 aromatic rings. The summed E-state index contributed by atoms with van der Waals surface area (Å²) in [6.45, 7) is 0. The number of sulfonamides is 1. The predicted molar refractivity (Wildman–Crippen MR) is 83.0 cm³/mol. The summed E-state index contributed by atoms with van der Waals surface area (Å²) >= 11 is 1.90. The number of non-ortho nitro benzene ring substituents is 1. The molecular formula is C12H8FIN2O4S. The molecule has 21 heavy (non-hydrogen) atoms. The van der Waals surface area contributed by atoms with Crippen LogP contribution in [0.3, 0.4) is 0 Å². The second-order valence-electron chi connectivity index (χ2n) is 3.98. The number of rotatable bonds is 4. The van der Waals surface area contributed by atoms with Crippen molar-refractivity contribution in [2.24, 2.45) is 0 Å². The molecule has 0 heterocycles. The summed E-state index contributed by atoms with van der Waals surface area (Å²) in [4.78, 5) is 9.69. The quantitative estimate of drug-likeness (QED) is 0.466. The maximum atomic E-state index is 13.6. The van der Waals surface area contributed by atoms with Gasteiger partial charge in [-0.05, 0) is 52.9 Å². The van der Waals surface area contributed by atoms with Crippen LogP contribution in [0.2, 0.25) is 0 Å². The lowest BCUT2D eigenvalue weighted by atomic mass is 10.3.